The molecule has 0 fully saturated rings. The lowest BCUT2D eigenvalue weighted by atomic mass is 10.2. The molecule has 2 N–H and O–H groups in total. The number of nitriles is 1. The van der Waals surface area contributed by atoms with Gasteiger partial charge in [-0.15, -0.1) is 0 Å². The van der Waals surface area contributed by atoms with Gasteiger partial charge in [0.1, 0.15) is 23.3 Å². The zero-order valence-corrected chi connectivity index (χ0v) is 9.88. The van der Waals surface area contributed by atoms with E-state index in [2.05, 4.69) is 0 Å². The fourth-order valence-electron chi connectivity index (χ4n) is 1.49. The summed E-state index contributed by atoms with van der Waals surface area (Å²) in [5.74, 6) is 1.87. The molecular weight excluding hydrogens is 228 g/mol. The quantitative estimate of drug-likeness (QED) is 0.837. The van der Waals surface area contributed by atoms with Crippen LogP contribution in [0.3, 0.4) is 0 Å². The molecule has 2 rings (SSSR count). The van der Waals surface area contributed by atoms with Crippen LogP contribution in [0.1, 0.15) is 5.56 Å². The molecular formula is C14H12N2O2. The van der Waals surface area contributed by atoms with Crippen molar-refractivity contribution in [3.05, 3.63) is 48.0 Å². The van der Waals surface area contributed by atoms with E-state index in [0.717, 1.165) is 5.75 Å². The predicted molar refractivity (Wildman–Crippen MR) is 68.6 cm³/mol. The molecule has 2 aromatic carbocycles. The predicted octanol–water partition coefficient (Wildman–Crippen LogP) is 2.94. The maximum atomic E-state index is 9.00. The first kappa shape index (κ1) is 11.8. The Hall–Kier alpha value is -2.67. The van der Waals surface area contributed by atoms with Crippen LogP contribution in [0.2, 0.25) is 0 Å². The van der Waals surface area contributed by atoms with E-state index in [0.29, 0.717) is 22.7 Å². The fourth-order valence-corrected chi connectivity index (χ4v) is 1.49. The number of anilines is 1. The van der Waals surface area contributed by atoms with Crippen LogP contribution < -0.4 is 15.2 Å². The number of hydrogen-bond acceptors (Lipinski definition) is 4. The summed E-state index contributed by atoms with van der Waals surface area (Å²) in [6.45, 7) is 0. The molecule has 0 aliphatic rings. The second-order valence-corrected chi connectivity index (χ2v) is 3.64. The Balaban J connectivity index is 2.25. The Labute approximate surface area is 105 Å². The van der Waals surface area contributed by atoms with E-state index in [-0.39, 0.29) is 0 Å². The summed E-state index contributed by atoms with van der Waals surface area (Å²) in [7, 11) is 1.60. The van der Waals surface area contributed by atoms with Gasteiger partial charge in [-0.3, -0.25) is 0 Å². The second kappa shape index (κ2) is 5.11. The van der Waals surface area contributed by atoms with Gasteiger partial charge in [-0.05, 0) is 42.5 Å². The summed E-state index contributed by atoms with van der Waals surface area (Å²) in [5.41, 5.74) is 6.56. The monoisotopic (exact) mass is 240 g/mol. The number of hydrogen-bond donors (Lipinski definition) is 1. The molecule has 0 bridgehead atoms. The number of nitrogens with zero attached hydrogens (tertiary/aromatic N) is 1. The van der Waals surface area contributed by atoms with Crippen LogP contribution >= 0.6 is 0 Å². The number of nitrogen functional groups attached to an aromatic ring is 1. The molecule has 4 nitrogen and oxygen atoms in total. The maximum Gasteiger partial charge on any atom is 0.145 e. The van der Waals surface area contributed by atoms with E-state index in [1.165, 1.54) is 0 Å². The van der Waals surface area contributed by atoms with Crippen molar-refractivity contribution >= 4 is 5.69 Å². The van der Waals surface area contributed by atoms with Crippen molar-refractivity contribution in [1.29, 1.82) is 5.26 Å². The molecule has 2 aromatic rings. The molecule has 0 unspecified atom stereocenters. The van der Waals surface area contributed by atoms with E-state index in [1.807, 2.05) is 6.07 Å². The number of nitrogens with two attached hydrogens (primary N) is 1. The Bertz CT molecular complexity index is 586. The van der Waals surface area contributed by atoms with Crippen LogP contribution in [-0.2, 0) is 0 Å². The molecule has 0 heterocycles. The van der Waals surface area contributed by atoms with E-state index in [4.69, 9.17) is 20.5 Å². The molecule has 0 aromatic heterocycles. The molecule has 0 radical (unpaired) electrons. The molecule has 90 valence electrons. The minimum absolute atomic E-state index is 0.408. The van der Waals surface area contributed by atoms with E-state index < -0.39 is 0 Å². The van der Waals surface area contributed by atoms with Gasteiger partial charge in [0.15, 0.2) is 0 Å². The van der Waals surface area contributed by atoms with Crippen LogP contribution in [0.15, 0.2) is 42.5 Å². The minimum atomic E-state index is 0.408. The van der Waals surface area contributed by atoms with Crippen LogP contribution in [0.4, 0.5) is 5.69 Å². The molecule has 0 aliphatic carbocycles. The van der Waals surface area contributed by atoms with Gasteiger partial charge in [0.25, 0.3) is 0 Å². The standard InChI is InChI=1S/C14H12N2O2/c1-17-12-3-5-13(6-4-12)18-14-7-2-11(16)8-10(14)9-15/h2-8H,16H2,1H3. The fraction of sp³-hybridized carbons (Fsp3) is 0.0714. The van der Waals surface area contributed by atoms with Crippen molar-refractivity contribution < 1.29 is 9.47 Å². The molecule has 0 amide bonds. The summed E-state index contributed by atoms with van der Waals surface area (Å²) in [6.07, 6.45) is 0. The average molecular weight is 240 g/mol. The third-order valence-corrected chi connectivity index (χ3v) is 2.41. The normalized spacial score (nSPS) is 9.56. The van der Waals surface area contributed by atoms with Gasteiger partial charge in [-0.25, -0.2) is 0 Å². The zero-order valence-electron chi connectivity index (χ0n) is 9.88. The SMILES string of the molecule is COc1ccc(Oc2ccc(N)cc2C#N)cc1. The highest BCUT2D eigenvalue weighted by molar-refractivity contribution is 5.54. The van der Waals surface area contributed by atoms with Gasteiger partial charge in [0, 0.05) is 5.69 Å². The van der Waals surface area contributed by atoms with Gasteiger partial charge < -0.3 is 15.2 Å². The first-order chi connectivity index (χ1) is 8.72. The highest BCUT2D eigenvalue weighted by Crippen LogP contribution is 2.27. The van der Waals surface area contributed by atoms with Crippen molar-refractivity contribution in [3.63, 3.8) is 0 Å². The average Bonchev–Trinajstić information content (AvgIpc) is 2.41. The highest BCUT2D eigenvalue weighted by Gasteiger charge is 2.05. The topological polar surface area (TPSA) is 68.3 Å². The Morgan fingerprint density at radius 3 is 2.33 bits per heavy atom. The molecule has 0 atom stereocenters. The lowest BCUT2D eigenvalue weighted by Crippen LogP contribution is -1.91. The van der Waals surface area contributed by atoms with Crippen molar-refractivity contribution in [2.75, 3.05) is 12.8 Å². The van der Waals surface area contributed by atoms with Crippen LogP contribution in [-0.4, -0.2) is 7.11 Å². The third kappa shape index (κ3) is 2.53. The third-order valence-electron chi connectivity index (χ3n) is 2.41. The van der Waals surface area contributed by atoms with Crippen molar-refractivity contribution in [2.45, 2.75) is 0 Å². The second-order valence-electron chi connectivity index (χ2n) is 3.64. The van der Waals surface area contributed by atoms with Crippen molar-refractivity contribution in [1.82, 2.24) is 0 Å². The van der Waals surface area contributed by atoms with Gasteiger partial charge in [-0.1, -0.05) is 0 Å². The van der Waals surface area contributed by atoms with E-state index in [1.54, 1.807) is 49.6 Å². The Morgan fingerprint density at radius 2 is 1.72 bits per heavy atom. The molecule has 4 heteroatoms. The van der Waals surface area contributed by atoms with Crippen LogP contribution in [0.25, 0.3) is 0 Å². The minimum Gasteiger partial charge on any atom is -0.497 e. The van der Waals surface area contributed by atoms with Gasteiger partial charge in [0.05, 0.1) is 12.7 Å². The summed E-state index contributed by atoms with van der Waals surface area (Å²) in [5, 5.41) is 9.00. The van der Waals surface area contributed by atoms with Gasteiger partial charge >= 0.3 is 0 Å². The lowest BCUT2D eigenvalue weighted by Gasteiger charge is -2.08. The lowest BCUT2D eigenvalue weighted by molar-refractivity contribution is 0.413. The first-order valence-electron chi connectivity index (χ1n) is 5.34. The number of rotatable bonds is 3. The van der Waals surface area contributed by atoms with E-state index in [9.17, 15) is 0 Å². The van der Waals surface area contributed by atoms with Crippen LogP contribution in [0.5, 0.6) is 17.2 Å². The van der Waals surface area contributed by atoms with Crippen molar-refractivity contribution in [3.8, 4) is 23.3 Å². The van der Waals surface area contributed by atoms with Gasteiger partial charge in [-0.2, -0.15) is 5.26 Å². The molecule has 0 spiro atoms. The number of methoxy groups -OCH3 is 1. The Morgan fingerprint density at radius 1 is 1.06 bits per heavy atom. The molecule has 18 heavy (non-hydrogen) atoms. The molecule has 0 aliphatic heterocycles. The first-order valence-corrected chi connectivity index (χ1v) is 5.34. The summed E-state index contributed by atoms with van der Waals surface area (Å²) >= 11 is 0. The smallest absolute Gasteiger partial charge is 0.145 e. The molecule has 0 saturated carbocycles. The van der Waals surface area contributed by atoms with E-state index >= 15 is 0 Å². The van der Waals surface area contributed by atoms with Gasteiger partial charge in [0.2, 0.25) is 0 Å². The highest BCUT2D eigenvalue weighted by atomic mass is 16.5. The van der Waals surface area contributed by atoms with Crippen molar-refractivity contribution in [2.24, 2.45) is 0 Å². The maximum absolute atomic E-state index is 9.00. The molecule has 0 saturated heterocycles. The summed E-state index contributed by atoms with van der Waals surface area (Å²) in [6, 6.07) is 14.1. The number of ether oxygens (including phenoxy) is 2. The summed E-state index contributed by atoms with van der Waals surface area (Å²) in [4.78, 5) is 0. The Kier molecular flexibility index (Phi) is 3.35. The zero-order chi connectivity index (χ0) is 13.0. The van der Waals surface area contributed by atoms with Crippen LogP contribution in [0, 0.1) is 11.3 Å². The number of benzene rings is 2. The largest absolute Gasteiger partial charge is 0.497 e. The summed E-state index contributed by atoms with van der Waals surface area (Å²) < 4.78 is 10.7.